The summed E-state index contributed by atoms with van der Waals surface area (Å²) in [6.45, 7) is 5.29. The molecule has 0 spiro atoms. The normalized spacial score (nSPS) is 12.1. The first-order chi connectivity index (χ1) is 17.1. The topological polar surface area (TPSA) is 84.9 Å². The Balaban J connectivity index is 1.98. The van der Waals surface area contributed by atoms with Crippen LogP contribution in [-0.4, -0.2) is 35.1 Å². The third-order valence-corrected chi connectivity index (χ3v) is 7.88. The Kier molecular flexibility index (Phi) is 8.87. The van der Waals surface area contributed by atoms with E-state index >= 15 is 0 Å². The lowest BCUT2D eigenvalue weighted by atomic mass is 10.0. The highest BCUT2D eigenvalue weighted by Crippen LogP contribution is 2.35. The molecule has 1 unspecified atom stereocenters. The van der Waals surface area contributed by atoms with Crippen molar-refractivity contribution in [2.45, 2.75) is 38.1 Å². The molecule has 0 aliphatic carbocycles. The molecule has 0 saturated carbocycles. The van der Waals surface area contributed by atoms with E-state index in [9.17, 15) is 13.2 Å². The van der Waals surface area contributed by atoms with Gasteiger partial charge in [-0.1, -0.05) is 48.4 Å². The molecule has 0 aliphatic rings. The first kappa shape index (κ1) is 27.4. The van der Waals surface area contributed by atoms with Gasteiger partial charge in [0.15, 0.2) is 0 Å². The van der Waals surface area contributed by atoms with Crippen molar-refractivity contribution < 1.29 is 22.7 Å². The maximum atomic E-state index is 13.7. The highest BCUT2D eigenvalue weighted by Gasteiger charge is 2.30. The number of methoxy groups -OCH3 is 2. The average Bonchev–Trinajstić information content (AvgIpc) is 2.86. The second-order valence-electron chi connectivity index (χ2n) is 8.40. The molecular formula is C27H31ClN2O5S. The fraction of sp³-hybridized carbons (Fsp3) is 0.296. The van der Waals surface area contributed by atoms with Crippen LogP contribution in [0, 0.1) is 13.8 Å². The number of sulfonamides is 1. The van der Waals surface area contributed by atoms with Crippen molar-refractivity contribution >= 4 is 33.2 Å². The molecule has 7 nitrogen and oxygen atoms in total. The van der Waals surface area contributed by atoms with Crippen LogP contribution >= 0.6 is 11.6 Å². The zero-order valence-corrected chi connectivity index (χ0v) is 22.6. The summed E-state index contributed by atoms with van der Waals surface area (Å²) in [5.74, 6) is 0.567. The number of carbonyl (C=O) groups excluding carboxylic acids is 1. The van der Waals surface area contributed by atoms with Crippen molar-refractivity contribution in [3.63, 3.8) is 0 Å². The SMILES string of the molecule is CCC(NC(=O)CN(c1cc(Cl)ccc1OC)S(=O)(=O)c1ccc(C)cc1)c1ccc(OC)c(C)c1. The molecular weight excluding hydrogens is 500 g/mol. The average molecular weight is 531 g/mol. The van der Waals surface area contributed by atoms with E-state index in [-0.39, 0.29) is 22.4 Å². The van der Waals surface area contributed by atoms with E-state index in [0.29, 0.717) is 11.4 Å². The molecule has 3 rings (SSSR count). The van der Waals surface area contributed by atoms with Crippen LogP contribution in [0.5, 0.6) is 11.5 Å². The summed E-state index contributed by atoms with van der Waals surface area (Å²) in [6.07, 6.45) is 0.614. The number of rotatable bonds is 10. The van der Waals surface area contributed by atoms with Crippen molar-refractivity contribution in [1.82, 2.24) is 5.32 Å². The Bertz CT molecular complexity index is 1330. The Hall–Kier alpha value is -3.23. The van der Waals surface area contributed by atoms with E-state index in [1.165, 1.54) is 25.3 Å². The van der Waals surface area contributed by atoms with Crippen molar-refractivity contribution in [1.29, 1.82) is 0 Å². The van der Waals surface area contributed by atoms with Crippen molar-refractivity contribution in [2.24, 2.45) is 0 Å². The van der Waals surface area contributed by atoms with Crippen LogP contribution in [0.4, 0.5) is 5.69 Å². The molecule has 1 atom stereocenters. The zero-order chi connectivity index (χ0) is 26.5. The lowest BCUT2D eigenvalue weighted by molar-refractivity contribution is -0.120. The van der Waals surface area contributed by atoms with Gasteiger partial charge < -0.3 is 14.8 Å². The number of anilines is 1. The van der Waals surface area contributed by atoms with Gasteiger partial charge in [0.1, 0.15) is 18.0 Å². The number of halogens is 1. The number of hydrogen-bond acceptors (Lipinski definition) is 5. The molecule has 0 bridgehead atoms. The second kappa shape index (κ2) is 11.7. The Labute approximate surface area is 218 Å². The highest BCUT2D eigenvalue weighted by atomic mass is 35.5. The van der Waals surface area contributed by atoms with Crippen LogP contribution in [-0.2, 0) is 14.8 Å². The van der Waals surface area contributed by atoms with Gasteiger partial charge in [0.25, 0.3) is 10.0 Å². The predicted octanol–water partition coefficient (Wildman–Crippen LogP) is 5.44. The van der Waals surface area contributed by atoms with E-state index in [1.807, 2.05) is 39.0 Å². The Morgan fingerprint density at radius 2 is 1.61 bits per heavy atom. The van der Waals surface area contributed by atoms with Gasteiger partial charge >= 0.3 is 0 Å². The second-order valence-corrected chi connectivity index (χ2v) is 10.7. The minimum Gasteiger partial charge on any atom is -0.496 e. The van der Waals surface area contributed by atoms with Crippen molar-refractivity contribution in [2.75, 3.05) is 25.1 Å². The van der Waals surface area contributed by atoms with E-state index < -0.39 is 22.5 Å². The fourth-order valence-corrected chi connectivity index (χ4v) is 5.49. The standard InChI is InChI=1S/C27H31ClN2O5S/c1-6-23(20-9-13-25(34-4)19(3)15-20)29-27(31)17-30(24-16-21(28)10-14-26(24)35-5)36(32,33)22-11-7-18(2)8-12-22/h7-16,23H,6,17H2,1-5H3,(H,29,31). The molecule has 0 aliphatic heterocycles. The third-order valence-electron chi connectivity index (χ3n) is 5.87. The lowest BCUT2D eigenvalue weighted by Gasteiger charge is -2.27. The molecule has 1 N–H and O–H groups in total. The first-order valence-corrected chi connectivity index (χ1v) is 13.3. The number of nitrogens with one attached hydrogen (secondary N) is 1. The van der Waals surface area contributed by atoms with Gasteiger partial charge in [-0.15, -0.1) is 0 Å². The maximum absolute atomic E-state index is 13.7. The number of carbonyl (C=O) groups is 1. The number of aryl methyl sites for hydroxylation is 2. The number of amides is 1. The largest absolute Gasteiger partial charge is 0.496 e. The minimum atomic E-state index is -4.12. The van der Waals surface area contributed by atoms with Gasteiger partial charge in [0, 0.05) is 5.02 Å². The van der Waals surface area contributed by atoms with Gasteiger partial charge in [-0.2, -0.15) is 0 Å². The number of nitrogens with zero attached hydrogens (tertiary/aromatic N) is 1. The van der Waals surface area contributed by atoms with Crippen molar-refractivity contribution in [3.05, 3.63) is 82.4 Å². The van der Waals surface area contributed by atoms with E-state index in [1.54, 1.807) is 31.4 Å². The zero-order valence-electron chi connectivity index (χ0n) is 21.0. The van der Waals surface area contributed by atoms with Crippen LogP contribution in [0.25, 0.3) is 0 Å². The highest BCUT2D eigenvalue weighted by molar-refractivity contribution is 7.92. The maximum Gasteiger partial charge on any atom is 0.264 e. The summed E-state index contributed by atoms with van der Waals surface area (Å²) >= 11 is 6.21. The molecule has 9 heteroatoms. The summed E-state index contributed by atoms with van der Waals surface area (Å²) in [7, 11) is -1.08. The molecule has 0 radical (unpaired) electrons. The van der Waals surface area contributed by atoms with Crippen molar-refractivity contribution in [3.8, 4) is 11.5 Å². The number of benzene rings is 3. The molecule has 0 saturated heterocycles. The molecule has 36 heavy (non-hydrogen) atoms. The summed E-state index contributed by atoms with van der Waals surface area (Å²) in [6, 6.07) is 16.5. The monoisotopic (exact) mass is 530 g/mol. The first-order valence-electron chi connectivity index (χ1n) is 11.5. The van der Waals surface area contributed by atoms with Crippen LogP contribution in [0.15, 0.2) is 65.6 Å². The molecule has 3 aromatic rings. The summed E-state index contributed by atoms with van der Waals surface area (Å²) in [5, 5.41) is 3.29. The quantitative estimate of drug-likeness (QED) is 0.377. The molecule has 0 fully saturated rings. The van der Waals surface area contributed by atoms with Crippen LogP contribution < -0.4 is 19.1 Å². The van der Waals surface area contributed by atoms with Gasteiger partial charge in [0.05, 0.1) is 30.8 Å². The van der Waals surface area contributed by atoms with Crippen LogP contribution in [0.3, 0.4) is 0 Å². The minimum absolute atomic E-state index is 0.0562. The lowest BCUT2D eigenvalue weighted by Crippen LogP contribution is -2.42. The number of hydrogen-bond donors (Lipinski definition) is 1. The molecule has 0 heterocycles. The number of ether oxygens (including phenoxy) is 2. The van der Waals surface area contributed by atoms with Gasteiger partial charge in [-0.3, -0.25) is 9.10 Å². The van der Waals surface area contributed by atoms with Gasteiger partial charge in [0.2, 0.25) is 5.91 Å². The Morgan fingerprint density at radius 1 is 0.972 bits per heavy atom. The molecule has 0 aromatic heterocycles. The third kappa shape index (κ3) is 6.12. The summed E-state index contributed by atoms with van der Waals surface area (Å²) in [5.41, 5.74) is 2.93. The van der Waals surface area contributed by atoms with Crippen LogP contribution in [0.2, 0.25) is 5.02 Å². The summed E-state index contributed by atoms with van der Waals surface area (Å²) in [4.78, 5) is 13.3. The van der Waals surface area contributed by atoms with E-state index in [0.717, 1.165) is 26.7 Å². The van der Waals surface area contributed by atoms with Gasteiger partial charge in [-0.25, -0.2) is 8.42 Å². The fourth-order valence-electron chi connectivity index (χ4n) is 3.91. The Morgan fingerprint density at radius 3 is 2.19 bits per heavy atom. The smallest absolute Gasteiger partial charge is 0.264 e. The van der Waals surface area contributed by atoms with Crippen LogP contribution in [0.1, 0.15) is 36.1 Å². The van der Waals surface area contributed by atoms with E-state index in [2.05, 4.69) is 5.32 Å². The van der Waals surface area contributed by atoms with Gasteiger partial charge in [-0.05, 0) is 67.8 Å². The predicted molar refractivity (Wildman–Crippen MR) is 143 cm³/mol. The molecule has 1 amide bonds. The molecule has 192 valence electrons. The van der Waals surface area contributed by atoms with E-state index in [4.69, 9.17) is 21.1 Å². The summed E-state index contributed by atoms with van der Waals surface area (Å²) < 4.78 is 39.2. The molecule has 3 aromatic carbocycles.